The average molecular weight is 286 g/mol. The van der Waals surface area contributed by atoms with Crippen molar-refractivity contribution in [1.29, 1.82) is 0 Å². The topological polar surface area (TPSA) is 45.5 Å². The Hall–Kier alpha value is -2.94. The van der Waals surface area contributed by atoms with Crippen LogP contribution >= 0.6 is 0 Å². The second-order valence-corrected chi connectivity index (χ2v) is 5.31. The molecule has 1 aliphatic rings. The molecule has 0 saturated heterocycles. The van der Waals surface area contributed by atoms with Crippen LogP contribution in [0.3, 0.4) is 0 Å². The number of fused-ring (bicyclic) bond motifs is 3. The van der Waals surface area contributed by atoms with Crippen LogP contribution in [0.4, 0.5) is 0 Å². The monoisotopic (exact) mass is 286 g/mol. The first-order chi connectivity index (χ1) is 10.9. The van der Waals surface area contributed by atoms with Gasteiger partial charge in [0.2, 0.25) is 0 Å². The van der Waals surface area contributed by atoms with Crippen molar-refractivity contribution in [3.05, 3.63) is 89.6 Å². The Morgan fingerprint density at radius 2 is 1.59 bits per heavy atom. The molecule has 1 aromatic heterocycles. The second-order valence-electron chi connectivity index (χ2n) is 5.31. The highest BCUT2D eigenvalue weighted by Crippen LogP contribution is 2.44. The molecule has 1 unspecified atom stereocenters. The number of hydrogen-bond acceptors (Lipinski definition) is 3. The van der Waals surface area contributed by atoms with Crippen molar-refractivity contribution in [3.63, 3.8) is 0 Å². The molecule has 4 rings (SSSR count). The van der Waals surface area contributed by atoms with Crippen LogP contribution in [-0.2, 0) is 0 Å². The zero-order chi connectivity index (χ0) is 14.9. The number of rotatable bonds is 2. The molecule has 3 nitrogen and oxygen atoms in total. The molecule has 0 spiro atoms. The minimum atomic E-state index is -0.0905. The molecule has 0 bridgehead atoms. The molecule has 1 aliphatic carbocycles. The van der Waals surface area contributed by atoms with Crippen LogP contribution < -0.4 is 0 Å². The van der Waals surface area contributed by atoms with Crippen LogP contribution in [0.2, 0.25) is 0 Å². The van der Waals surface area contributed by atoms with Gasteiger partial charge in [0.1, 0.15) is 0 Å². The molecule has 0 amide bonds. The van der Waals surface area contributed by atoms with Crippen LogP contribution in [0.25, 0.3) is 11.3 Å². The lowest BCUT2D eigenvalue weighted by molar-refractivity contribution is 0.317. The Morgan fingerprint density at radius 1 is 0.864 bits per heavy atom. The minimum absolute atomic E-state index is 0.0905. The fourth-order valence-corrected chi connectivity index (χ4v) is 3.19. The maximum atomic E-state index is 9.66. The summed E-state index contributed by atoms with van der Waals surface area (Å²) in [5.74, 6) is -0.0905. The summed E-state index contributed by atoms with van der Waals surface area (Å²) in [6.07, 6.45) is 1.80. The SMILES string of the molecule is O/N=C(/c1ccccc1)C1c2ccccc2-c2ncccc21. The Kier molecular flexibility index (Phi) is 2.97. The molecule has 1 N–H and O–H groups in total. The third-order valence-electron chi connectivity index (χ3n) is 4.13. The van der Waals surface area contributed by atoms with Crippen LogP contribution in [0, 0.1) is 0 Å². The van der Waals surface area contributed by atoms with Gasteiger partial charge in [-0.25, -0.2) is 0 Å². The van der Waals surface area contributed by atoms with Gasteiger partial charge in [0.25, 0.3) is 0 Å². The standard InChI is InChI=1S/C19H14N2O/c22-21-18(13-7-2-1-3-8-13)17-14-9-4-5-10-15(14)19-16(17)11-6-12-20-19/h1-12,17,22H/b21-18-. The van der Waals surface area contributed by atoms with Gasteiger partial charge in [-0.15, -0.1) is 0 Å². The zero-order valence-electron chi connectivity index (χ0n) is 11.8. The molecule has 0 aliphatic heterocycles. The van der Waals surface area contributed by atoms with Gasteiger partial charge >= 0.3 is 0 Å². The average Bonchev–Trinajstić information content (AvgIpc) is 2.92. The first kappa shape index (κ1) is 12.8. The van der Waals surface area contributed by atoms with E-state index in [1.807, 2.05) is 48.5 Å². The largest absolute Gasteiger partial charge is 0.411 e. The van der Waals surface area contributed by atoms with Gasteiger partial charge in [-0.3, -0.25) is 4.98 Å². The van der Waals surface area contributed by atoms with E-state index >= 15 is 0 Å². The quantitative estimate of drug-likeness (QED) is 0.438. The summed E-state index contributed by atoms with van der Waals surface area (Å²) in [5.41, 5.74) is 5.87. The molecule has 22 heavy (non-hydrogen) atoms. The Bertz CT molecular complexity index is 811. The van der Waals surface area contributed by atoms with Crippen LogP contribution in [0.1, 0.15) is 22.6 Å². The fourth-order valence-electron chi connectivity index (χ4n) is 3.19. The van der Waals surface area contributed by atoms with E-state index in [4.69, 9.17) is 0 Å². The molecular formula is C19H14N2O. The highest BCUT2D eigenvalue weighted by molar-refractivity contribution is 6.09. The number of pyridine rings is 1. The van der Waals surface area contributed by atoms with E-state index in [-0.39, 0.29) is 5.92 Å². The molecule has 3 heteroatoms. The summed E-state index contributed by atoms with van der Waals surface area (Å²) >= 11 is 0. The van der Waals surface area contributed by atoms with Crippen molar-refractivity contribution in [1.82, 2.24) is 4.98 Å². The number of nitrogens with zero attached hydrogens (tertiary/aromatic N) is 2. The molecular weight excluding hydrogens is 272 g/mol. The molecule has 106 valence electrons. The van der Waals surface area contributed by atoms with Gasteiger partial charge in [-0.2, -0.15) is 0 Å². The van der Waals surface area contributed by atoms with Crippen LogP contribution in [0.5, 0.6) is 0 Å². The third kappa shape index (κ3) is 1.83. The van der Waals surface area contributed by atoms with E-state index in [9.17, 15) is 5.21 Å². The summed E-state index contributed by atoms with van der Waals surface area (Å²) in [4.78, 5) is 4.52. The fraction of sp³-hybridized carbons (Fsp3) is 0.0526. The van der Waals surface area contributed by atoms with Crippen molar-refractivity contribution in [2.24, 2.45) is 5.16 Å². The maximum absolute atomic E-state index is 9.66. The Balaban J connectivity index is 1.95. The van der Waals surface area contributed by atoms with Gasteiger partial charge in [0.05, 0.1) is 17.3 Å². The first-order valence-electron chi connectivity index (χ1n) is 7.21. The second kappa shape index (κ2) is 5.11. The predicted octanol–water partition coefficient (Wildman–Crippen LogP) is 4.07. The lowest BCUT2D eigenvalue weighted by atomic mass is 9.88. The molecule has 0 fully saturated rings. The zero-order valence-corrected chi connectivity index (χ0v) is 11.8. The summed E-state index contributed by atoms with van der Waals surface area (Å²) in [6.45, 7) is 0. The summed E-state index contributed by atoms with van der Waals surface area (Å²) in [6, 6.07) is 21.9. The number of benzene rings is 2. The van der Waals surface area contributed by atoms with E-state index in [1.54, 1.807) is 6.20 Å². The summed E-state index contributed by atoms with van der Waals surface area (Å²) in [5, 5.41) is 13.3. The molecule has 0 saturated carbocycles. The van der Waals surface area contributed by atoms with Gasteiger partial charge in [-0.05, 0) is 17.2 Å². The molecule has 1 heterocycles. The van der Waals surface area contributed by atoms with E-state index in [2.05, 4.69) is 28.3 Å². The van der Waals surface area contributed by atoms with Crippen LogP contribution in [-0.4, -0.2) is 15.9 Å². The van der Waals surface area contributed by atoms with E-state index in [0.29, 0.717) is 5.71 Å². The number of oxime groups is 1. The third-order valence-corrected chi connectivity index (χ3v) is 4.13. The predicted molar refractivity (Wildman–Crippen MR) is 86.3 cm³/mol. The Morgan fingerprint density at radius 3 is 2.41 bits per heavy atom. The molecule has 2 aromatic carbocycles. The first-order valence-corrected chi connectivity index (χ1v) is 7.21. The normalized spacial score (nSPS) is 16.2. The van der Waals surface area contributed by atoms with E-state index < -0.39 is 0 Å². The van der Waals surface area contributed by atoms with Gasteiger partial charge in [0, 0.05) is 17.3 Å². The van der Waals surface area contributed by atoms with Crippen molar-refractivity contribution in [2.45, 2.75) is 5.92 Å². The van der Waals surface area contributed by atoms with Gasteiger partial charge < -0.3 is 5.21 Å². The van der Waals surface area contributed by atoms with Crippen molar-refractivity contribution in [2.75, 3.05) is 0 Å². The molecule has 3 aromatic rings. The van der Waals surface area contributed by atoms with Gasteiger partial charge in [0.15, 0.2) is 0 Å². The van der Waals surface area contributed by atoms with E-state index in [0.717, 1.165) is 27.9 Å². The van der Waals surface area contributed by atoms with Gasteiger partial charge in [-0.1, -0.05) is 65.8 Å². The number of hydrogen-bond donors (Lipinski definition) is 1. The lowest BCUT2D eigenvalue weighted by Crippen LogP contribution is -2.13. The van der Waals surface area contributed by atoms with Crippen molar-refractivity contribution < 1.29 is 5.21 Å². The maximum Gasteiger partial charge on any atom is 0.0987 e. The Labute approximate surface area is 128 Å². The van der Waals surface area contributed by atoms with Crippen molar-refractivity contribution in [3.8, 4) is 11.3 Å². The molecule has 0 radical (unpaired) electrons. The summed E-state index contributed by atoms with van der Waals surface area (Å²) in [7, 11) is 0. The lowest BCUT2D eigenvalue weighted by Gasteiger charge is -2.15. The highest BCUT2D eigenvalue weighted by atomic mass is 16.4. The van der Waals surface area contributed by atoms with Crippen LogP contribution in [0.15, 0.2) is 78.1 Å². The highest BCUT2D eigenvalue weighted by Gasteiger charge is 2.33. The minimum Gasteiger partial charge on any atom is -0.411 e. The van der Waals surface area contributed by atoms with Crippen molar-refractivity contribution >= 4 is 5.71 Å². The van der Waals surface area contributed by atoms with E-state index in [1.165, 1.54) is 0 Å². The summed E-state index contributed by atoms with van der Waals surface area (Å²) < 4.78 is 0. The smallest absolute Gasteiger partial charge is 0.0987 e. The number of aromatic nitrogens is 1. The molecule has 1 atom stereocenters.